The van der Waals surface area contributed by atoms with Crippen molar-refractivity contribution in [3.8, 4) is 0 Å². The lowest BCUT2D eigenvalue weighted by molar-refractivity contribution is -0.684. The highest BCUT2D eigenvalue weighted by molar-refractivity contribution is 6.33. The van der Waals surface area contributed by atoms with Gasteiger partial charge in [-0.1, -0.05) is 90.5 Å². The van der Waals surface area contributed by atoms with Crippen molar-refractivity contribution in [2.45, 2.75) is 25.8 Å². The third kappa shape index (κ3) is 7.14. The zero-order chi connectivity index (χ0) is 20.5. The largest absolute Gasteiger partial charge is 1.00 e. The van der Waals surface area contributed by atoms with Gasteiger partial charge in [0.05, 0.1) is 19.0 Å². The van der Waals surface area contributed by atoms with E-state index in [2.05, 4.69) is 36.5 Å². The Morgan fingerprint density at radius 2 is 1.53 bits per heavy atom. The van der Waals surface area contributed by atoms with E-state index >= 15 is 0 Å². The lowest BCUT2D eigenvalue weighted by Gasteiger charge is -2.12. The van der Waals surface area contributed by atoms with Gasteiger partial charge in [-0.05, 0) is 35.8 Å². The van der Waals surface area contributed by atoms with Crippen LogP contribution in [0, 0.1) is 0 Å². The quantitative estimate of drug-likeness (QED) is 0.401. The minimum atomic E-state index is 0. The molecule has 1 atom stereocenters. The number of rotatable bonds is 9. The summed E-state index contributed by atoms with van der Waals surface area (Å²) >= 11 is 6.32. The first kappa shape index (κ1) is 23.9. The molecule has 0 radical (unpaired) electrons. The molecule has 1 unspecified atom stereocenters. The van der Waals surface area contributed by atoms with Crippen LogP contribution in [-0.4, -0.2) is 18.4 Å². The Bertz CT molecular complexity index is 955. The molecular formula is C26H27Cl2NO. The van der Waals surface area contributed by atoms with Crippen LogP contribution in [0.3, 0.4) is 0 Å². The summed E-state index contributed by atoms with van der Waals surface area (Å²) in [5.74, 6) is 0.138. The molecule has 0 fully saturated rings. The molecule has 2 nitrogen and oxygen atoms in total. The summed E-state index contributed by atoms with van der Waals surface area (Å²) in [4.78, 5) is 13.1. The fourth-order valence-electron chi connectivity index (χ4n) is 3.39. The summed E-state index contributed by atoms with van der Waals surface area (Å²) in [6.45, 7) is 2.97. The Hall–Kier alpha value is -2.39. The SMILES string of the molecule is CC(Cc1ccccc1)[NH2+]CCC(=O)/C(=C/c1ccccc1Cl)c1ccccc1.[Cl-]. The monoisotopic (exact) mass is 439 g/mol. The highest BCUT2D eigenvalue weighted by Crippen LogP contribution is 2.24. The van der Waals surface area contributed by atoms with Gasteiger partial charge in [-0.3, -0.25) is 4.79 Å². The van der Waals surface area contributed by atoms with E-state index in [1.807, 2.05) is 66.7 Å². The fraction of sp³-hybridized carbons (Fsp3) is 0.192. The predicted octanol–water partition coefficient (Wildman–Crippen LogP) is 2.04. The molecule has 30 heavy (non-hydrogen) atoms. The van der Waals surface area contributed by atoms with Gasteiger partial charge in [0.15, 0.2) is 5.78 Å². The molecule has 0 saturated heterocycles. The molecule has 0 aromatic heterocycles. The van der Waals surface area contributed by atoms with Crippen molar-refractivity contribution < 1.29 is 22.5 Å². The van der Waals surface area contributed by atoms with Crippen LogP contribution in [-0.2, 0) is 11.2 Å². The Balaban J connectivity index is 0.00000320. The maximum absolute atomic E-state index is 13.1. The minimum Gasteiger partial charge on any atom is -1.00 e. The summed E-state index contributed by atoms with van der Waals surface area (Å²) in [6, 6.07) is 28.3. The molecule has 156 valence electrons. The number of benzene rings is 3. The van der Waals surface area contributed by atoms with E-state index in [4.69, 9.17) is 11.6 Å². The number of quaternary nitrogens is 1. The Morgan fingerprint density at radius 1 is 0.933 bits per heavy atom. The first-order chi connectivity index (χ1) is 14.1. The second kappa shape index (κ2) is 12.3. The van der Waals surface area contributed by atoms with E-state index in [0.29, 0.717) is 23.1 Å². The minimum absolute atomic E-state index is 0. The highest BCUT2D eigenvalue weighted by atomic mass is 35.5. The highest BCUT2D eigenvalue weighted by Gasteiger charge is 2.15. The molecule has 0 aliphatic carbocycles. The first-order valence-electron chi connectivity index (χ1n) is 10.1. The molecule has 3 rings (SSSR count). The van der Waals surface area contributed by atoms with Gasteiger partial charge in [-0.2, -0.15) is 0 Å². The van der Waals surface area contributed by atoms with Crippen LogP contribution in [0.15, 0.2) is 84.9 Å². The standard InChI is InChI=1S/C26H26ClNO.ClH/c1-20(18-21-10-4-2-5-11-21)28-17-16-26(29)24(22-12-6-3-7-13-22)19-23-14-8-9-15-25(23)27;/h2-15,19-20,28H,16-18H2,1H3;1H/b24-19+;. The molecule has 0 aliphatic heterocycles. The average molecular weight is 440 g/mol. The molecule has 2 N–H and O–H groups in total. The Labute approximate surface area is 190 Å². The number of nitrogens with two attached hydrogens (primary N) is 1. The summed E-state index contributed by atoms with van der Waals surface area (Å²) in [6.07, 6.45) is 3.40. The van der Waals surface area contributed by atoms with Gasteiger partial charge in [-0.25, -0.2) is 0 Å². The first-order valence-corrected chi connectivity index (χ1v) is 10.4. The number of hydrogen-bond acceptors (Lipinski definition) is 1. The van der Waals surface area contributed by atoms with E-state index in [-0.39, 0.29) is 18.2 Å². The average Bonchev–Trinajstić information content (AvgIpc) is 2.74. The van der Waals surface area contributed by atoms with Crippen LogP contribution in [0.5, 0.6) is 0 Å². The van der Waals surface area contributed by atoms with Gasteiger partial charge in [0.25, 0.3) is 0 Å². The summed E-state index contributed by atoms with van der Waals surface area (Å²) < 4.78 is 0. The summed E-state index contributed by atoms with van der Waals surface area (Å²) in [7, 11) is 0. The molecule has 3 aromatic rings. The number of allylic oxidation sites excluding steroid dienone is 1. The van der Waals surface area contributed by atoms with Crippen molar-refractivity contribution in [3.63, 3.8) is 0 Å². The maximum Gasteiger partial charge on any atom is 0.169 e. The van der Waals surface area contributed by atoms with Crippen molar-refractivity contribution in [1.29, 1.82) is 0 Å². The van der Waals surface area contributed by atoms with Crippen LogP contribution >= 0.6 is 11.6 Å². The van der Waals surface area contributed by atoms with E-state index in [9.17, 15) is 4.79 Å². The Kier molecular flexibility index (Phi) is 9.82. The second-order valence-electron chi connectivity index (χ2n) is 7.31. The summed E-state index contributed by atoms with van der Waals surface area (Å²) in [5.41, 5.74) is 3.83. The number of hydrogen-bond donors (Lipinski definition) is 1. The van der Waals surface area contributed by atoms with Gasteiger partial charge in [0.2, 0.25) is 0 Å². The third-order valence-corrected chi connectivity index (χ3v) is 5.28. The summed E-state index contributed by atoms with van der Waals surface area (Å²) in [5, 5.41) is 2.90. The number of ketones is 1. The zero-order valence-electron chi connectivity index (χ0n) is 17.1. The second-order valence-corrected chi connectivity index (χ2v) is 7.72. The van der Waals surface area contributed by atoms with Crippen molar-refractivity contribution in [3.05, 3.63) is 107 Å². The van der Waals surface area contributed by atoms with Crippen LogP contribution in [0.1, 0.15) is 30.0 Å². The van der Waals surface area contributed by atoms with Crippen molar-refractivity contribution >= 4 is 29.0 Å². The lowest BCUT2D eigenvalue weighted by atomic mass is 9.97. The smallest absolute Gasteiger partial charge is 0.169 e. The maximum atomic E-state index is 13.1. The van der Waals surface area contributed by atoms with Gasteiger partial charge in [0, 0.05) is 17.0 Å². The Morgan fingerprint density at radius 3 is 2.20 bits per heavy atom. The van der Waals surface area contributed by atoms with Gasteiger partial charge >= 0.3 is 0 Å². The van der Waals surface area contributed by atoms with E-state index in [1.165, 1.54) is 5.56 Å². The molecular weight excluding hydrogens is 413 g/mol. The number of halogens is 2. The predicted molar refractivity (Wildman–Crippen MR) is 122 cm³/mol. The molecule has 0 aliphatic rings. The van der Waals surface area contributed by atoms with E-state index in [1.54, 1.807) is 0 Å². The normalized spacial score (nSPS) is 12.1. The number of Topliss-reactive ketones (excluding diaryl/α,β-unsaturated/α-hetero) is 1. The number of carbonyl (C=O) groups excluding carboxylic acids is 1. The lowest BCUT2D eigenvalue weighted by Crippen LogP contribution is -3.00. The third-order valence-electron chi connectivity index (χ3n) is 4.93. The van der Waals surface area contributed by atoms with Crippen molar-refractivity contribution in [2.75, 3.05) is 6.54 Å². The molecule has 0 saturated carbocycles. The van der Waals surface area contributed by atoms with Crippen LogP contribution in [0.2, 0.25) is 5.02 Å². The zero-order valence-corrected chi connectivity index (χ0v) is 18.6. The van der Waals surface area contributed by atoms with Gasteiger partial charge < -0.3 is 17.7 Å². The molecule has 4 heteroatoms. The van der Waals surface area contributed by atoms with E-state index < -0.39 is 0 Å². The van der Waals surface area contributed by atoms with Crippen molar-refractivity contribution in [1.82, 2.24) is 0 Å². The van der Waals surface area contributed by atoms with Crippen LogP contribution < -0.4 is 17.7 Å². The fourth-order valence-corrected chi connectivity index (χ4v) is 3.58. The molecule has 0 heterocycles. The molecule has 0 amide bonds. The van der Waals surface area contributed by atoms with Crippen molar-refractivity contribution in [2.24, 2.45) is 0 Å². The van der Waals surface area contributed by atoms with E-state index in [0.717, 1.165) is 24.1 Å². The number of carbonyl (C=O) groups is 1. The topological polar surface area (TPSA) is 33.7 Å². The van der Waals surface area contributed by atoms with Crippen LogP contribution in [0.25, 0.3) is 11.6 Å². The van der Waals surface area contributed by atoms with Crippen LogP contribution in [0.4, 0.5) is 0 Å². The molecule has 0 spiro atoms. The molecule has 0 bridgehead atoms. The van der Waals surface area contributed by atoms with Gasteiger partial charge in [0.1, 0.15) is 0 Å². The van der Waals surface area contributed by atoms with Gasteiger partial charge in [-0.15, -0.1) is 0 Å². The molecule has 3 aromatic carbocycles.